The van der Waals surface area contributed by atoms with E-state index in [-0.39, 0.29) is 17.7 Å². The van der Waals surface area contributed by atoms with Crippen molar-refractivity contribution in [2.45, 2.75) is 18.6 Å². The number of hydrogen-bond donors (Lipinski definition) is 3. The van der Waals surface area contributed by atoms with Crippen molar-refractivity contribution >= 4 is 5.97 Å². The zero-order valence-electron chi connectivity index (χ0n) is 8.24. The third-order valence-corrected chi connectivity index (χ3v) is 2.00. The molecule has 2 atom stereocenters. The number of aliphatic hydroxyl groups is 2. The summed E-state index contributed by atoms with van der Waals surface area (Å²) in [7, 11) is 0. The van der Waals surface area contributed by atoms with Gasteiger partial charge in [0.25, 0.3) is 0 Å². The molecule has 0 saturated carbocycles. The molecule has 1 aromatic rings. The molecule has 6 nitrogen and oxygen atoms in total. The Bertz CT molecular complexity index is 410. The molecule has 0 aliphatic carbocycles. The van der Waals surface area contributed by atoms with E-state index < -0.39 is 18.2 Å². The van der Waals surface area contributed by atoms with Crippen molar-refractivity contribution in [3.05, 3.63) is 29.6 Å². The van der Waals surface area contributed by atoms with Crippen LogP contribution in [0.5, 0.6) is 0 Å². The molecule has 1 rings (SSSR count). The smallest absolute Gasteiger partial charge is 0.337 e. The summed E-state index contributed by atoms with van der Waals surface area (Å²) in [5.41, 5.74) is 0.124. The third kappa shape index (κ3) is 2.76. The van der Waals surface area contributed by atoms with Gasteiger partial charge in [0, 0.05) is 6.20 Å². The number of rotatable bonds is 4. The number of carboxylic acids is 1. The minimum Gasteiger partial charge on any atom is -0.478 e. The predicted molar refractivity (Wildman–Crippen MR) is 52.4 cm³/mol. The fraction of sp³-hybridized carbons (Fsp3) is 0.300. The highest BCUT2D eigenvalue weighted by molar-refractivity contribution is 5.87. The second-order valence-electron chi connectivity index (χ2n) is 3.15. The second-order valence-corrected chi connectivity index (χ2v) is 3.15. The van der Waals surface area contributed by atoms with Gasteiger partial charge in [0.15, 0.2) is 0 Å². The quantitative estimate of drug-likeness (QED) is 0.665. The van der Waals surface area contributed by atoms with Crippen LogP contribution in [-0.4, -0.2) is 32.4 Å². The number of carbonyl (C=O) groups is 1. The van der Waals surface area contributed by atoms with Gasteiger partial charge in [-0.25, -0.2) is 4.79 Å². The number of aliphatic hydroxyl groups excluding tert-OH is 2. The zero-order valence-corrected chi connectivity index (χ0v) is 8.24. The van der Waals surface area contributed by atoms with Crippen molar-refractivity contribution in [1.82, 2.24) is 4.98 Å². The third-order valence-electron chi connectivity index (χ3n) is 2.00. The molecule has 2 unspecified atom stereocenters. The Morgan fingerprint density at radius 2 is 2.19 bits per heavy atom. The summed E-state index contributed by atoms with van der Waals surface area (Å²) in [5.74, 6) is -1.12. The highest BCUT2D eigenvalue weighted by Gasteiger charge is 2.19. The molecule has 3 N–H and O–H groups in total. The topological polar surface area (TPSA) is 114 Å². The van der Waals surface area contributed by atoms with Gasteiger partial charge in [-0.15, -0.1) is 0 Å². The minimum atomic E-state index is -1.29. The van der Waals surface area contributed by atoms with Crippen LogP contribution in [-0.2, 0) is 0 Å². The Morgan fingerprint density at radius 1 is 1.50 bits per heavy atom. The molecule has 0 aromatic carbocycles. The molecule has 1 heterocycles. The van der Waals surface area contributed by atoms with Gasteiger partial charge in [-0.1, -0.05) is 0 Å². The van der Waals surface area contributed by atoms with Gasteiger partial charge < -0.3 is 15.3 Å². The van der Waals surface area contributed by atoms with E-state index in [1.807, 2.05) is 0 Å². The monoisotopic (exact) mass is 222 g/mol. The van der Waals surface area contributed by atoms with Crippen LogP contribution in [0.15, 0.2) is 18.3 Å². The molecule has 1 aromatic heterocycles. The summed E-state index contributed by atoms with van der Waals surface area (Å²) in [6.07, 6.45) is -1.65. The first-order valence-electron chi connectivity index (χ1n) is 4.48. The lowest BCUT2D eigenvalue weighted by molar-refractivity contribution is 0.0190. The van der Waals surface area contributed by atoms with E-state index in [4.69, 9.17) is 10.4 Å². The van der Waals surface area contributed by atoms with Gasteiger partial charge in [0.2, 0.25) is 0 Å². The van der Waals surface area contributed by atoms with Crippen molar-refractivity contribution < 1.29 is 20.1 Å². The van der Waals surface area contributed by atoms with E-state index in [1.54, 1.807) is 6.07 Å². The number of pyridine rings is 1. The molecule has 0 radical (unpaired) electrons. The maximum atomic E-state index is 10.5. The molecular formula is C10H10N2O4. The Morgan fingerprint density at radius 3 is 2.62 bits per heavy atom. The lowest BCUT2D eigenvalue weighted by atomic mass is 10.1. The van der Waals surface area contributed by atoms with Gasteiger partial charge in [0.1, 0.15) is 6.10 Å². The maximum absolute atomic E-state index is 10.5. The van der Waals surface area contributed by atoms with Crippen LogP contribution >= 0.6 is 0 Å². The maximum Gasteiger partial charge on any atom is 0.337 e. The summed E-state index contributed by atoms with van der Waals surface area (Å²) in [6, 6.07) is 4.29. The first kappa shape index (κ1) is 12.1. The highest BCUT2D eigenvalue weighted by Crippen LogP contribution is 2.16. The molecule has 0 bridgehead atoms. The Hall–Kier alpha value is -1.97. The van der Waals surface area contributed by atoms with E-state index in [0.29, 0.717) is 0 Å². The van der Waals surface area contributed by atoms with Crippen molar-refractivity contribution in [3.8, 4) is 6.07 Å². The normalized spacial score (nSPS) is 13.8. The minimum absolute atomic E-state index is 0.00859. The van der Waals surface area contributed by atoms with Crippen LogP contribution in [0.2, 0.25) is 0 Å². The molecule has 0 spiro atoms. The van der Waals surface area contributed by atoms with Crippen LogP contribution in [0.4, 0.5) is 0 Å². The number of carboxylic acid groups (broad SMARTS) is 1. The summed E-state index contributed by atoms with van der Waals surface area (Å²) >= 11 is 0. The molecule has 16 heavy (non-hydrogen) atoms. The number of nitrogens with zero attached hydrogens (tertiary/aromatic N) is 2. The van der Waals surface area contributed by atoms with E-state index in [2.05, 4.69) is 4.98 Å². The lowest BCUT2D eigenvalue weighted by Gasteiger charge is -2.14. The van der Waals surface area contributed by atoms with Gasteiger partial charge in [-0.05, 0) is 12.1 Å². The van der Waals surface area contributed by atoms with E-state index in [1.165, 1.54) is 12.1 Å². The van der Waals surface area contributed by atoms with Gasteiger partial charge in [-0.2, -0.15) is 5.26 Å². The molecule has 0 aliphatic rings. The van der Waals surface area contributed by atoms with Crippen LogP contribution in [0.1, 0.15) is 28.6 Å². The van der Waals surface area contributed by atoms with E-state index in [9.17, 15) is 15.0 Å². The van der Waals surface area contributed by atoms with Crippen molar-refractivity contribution in [1.29, 1.82) is 5.26 Å². The average molecular weight is 222 g/mol. The number of nitriles is 1. The fourth-order valence-corrected chi connectivity index (χ4v) is 1.11. The summed E-state index contributed by atoms with van der Waals surface area (Å²) in [6.45, 7) is 0. The molecule has 6 heteroatoms. The molecule has 84 valence electrons. The highest BCUT2D eigenvalue weighted by atomic mass is 16.4. The Balaban J connectivity index is 2.82. The number of aromatic carboxylic acids is 1. The van der Waals surface area contributed by atoms with Gasteiger partial charge in [0.05, 0.1) is 29.9 Å². The van der Waals surface area contributed by atoms with Crippen molar-refractivity contribution in [3.63, 3.8) is 0 Å². The van der Waals surface area contributed by atoms with Crippen molar-refractivity contribution in [2.24, 2.45) is 0 Å². The van der Waals surface area contributed by atoms with Gasteiger partial charge in [-0.3, -0.25) is 4.98 Å². The predicted octanol–water partition coefficient (Wildman–Crippen LogP) is 0.0878. The van der Waals surface area contributed by atoms with Crippen LogP contribution in [0.25, 0.3) is 0 Å². The molecule has 0 amide bonds. The largest absolute Gasteiger partial charge is 0.478 e. The van der Waals surface area contributed by atoms with Gasteiger partial charge >= 0.3 is 5.97 Å². The first-order valence-corrected chi connectivity index (χ1v) is 4.48. The summed E-state index contributed by atoms with van der Waals surface area (Å²) in [5, 5.41) is 35.8. The Labute approximate surface area is 91.4 Å². The van der Waals surface area contributed by atoms with Crippen LogP contribution in [0, 0.1) is 11.3 Å². The molecule has 0 aliphatic heterocycles. The SMILES string of the molecule is N#CCC(O)C(O)c1ccc(C(=O)O)cn1. The van der Waals surface area contributed by atoms with Crippen LogP contribution < -0.4 is 0 Å². The van der Waals surface area contributed by atoms with E-state index >= 15 is 0 Å². The first-order chi connectivity index (χ1) is 7.56. The number of hydrogen-bond acceptors (Lipinski definition) is 5. The fourth-order valence-electron chi connectivity index (χ4n) is 1.11. The second kappa shape index (κ2) is 5.21. The summed E-state index contributed by atoms with van der Waals surface area (Å²) < 4.78 is 0. The molecule has 0 fully saturated rings. The van der Waals surface area contributed by atoms with E-state index in [0.717, 1.165) is 6.20 Å². The van der Waals surface area contributed by atoms with Crippen molar-refractivity contribution in [2.75, 3.05) is 0 Å². The Kier molecular flexibility index (Phi) is 3.94. The lowest BCUT2D eigenvalue weighted by Crippen LogP contribution is -2.18. The summed E-state index contributed by atoms with van der Waals surface area (Å²) in [4.78, 5) is 14.2. The van der Waals surface area contributed by atoms with Crippen LogP contribution in [0.3, 0.4) is 0 Å². The standard InChI is InChI=1S/C10H10N2O4/c11-4-3-8(13)9(14)7-2-1-6(5-12-7)10(15)16/h1-2,5,8-9,13-14H,3H2,(H,15,16). The molecular weight excluding hydrogens is 212 g/mol. The number of aromatic nitrogens is 1. The molecule has 0 saturated heterocycles. The average Bonchev–Trinajstić information content (AvgIpc) is 2.28. The zero-order chi connectivity index (χ0) is 12.1.